The lowest BCUT2D eigenvalue weighted by molar-refractivity contribution is -0.258. The van der Waals surface area contributed by atoms with Gasteiger partial charge in [-0.05, 0) is 24.3 Å². The Morgan fingerprint density at radius 1 is 1.03 bits per heavy atom. The maximum absolute atomic E-state index is 13.9. The van der Waals surface area contributed by atoms with Crippen molar-refractivity contribution in [2.45, 2.75) is 11.9 Å². The number of anilines is 1. The van der Waals surface area contributed by atoms with Crippen LogP contribution in [0.3, 0.4) is 0 Å². The molecule has 7 nitrogen and oxygen atoms in total. The van der Waals surface area contributed by atoms with Gasteiger partial charge in [-0.15, -0.1) is 0 Å². The fourth-order valence-electron chi connectivity index (χ4n) is 2.39. The normalized spacial score (nSPS) is 13.4. The number of nitrogens with one attached hydrogen (secondary N) is 2. The molecule has 0 radical (unpaired) electrons. The van der Waals surface area contributed by atoms with Gasteiger partial charge in [0.2, 0.25) is 0 Å². The van der Waals surface area contributed by atoms with Gasteiger partial charge in [0.05, 0.1) is 17.3 Å². The van der Waals surface area contributed by atoms with Crippen LogP contribution in [0.2, 0.25) is 0 Å². The molecular formula is C18H14F3N3O4S. The molecule has 0 saturated heterocycles. The summed E-state index contributed by atoms with van der Waals surface area (Å²) in [6.07, 6.45) is -5.33. The molecule has 0 fully saturated rings. The van der Waals surface area contributed by atoms with Crippen LogP contribution in [0.1, 0.15) is 0 Å². The summed E-state index contributed by atoms with van der Waals surface area (Å²) in [6, 6.07) is 12.3. The van der Waals surface area contributed by atoms with E-state index in [0.717, 1.165) is 23.1 Å². The number of carbonyl (C=O) groups is 2. The van der Waals surface area contributed by atoms with Gasteiger partial charge >= 0.3 is 23.9 Å². The number of alkyl halides is 3. The minimum atomic E-state index is -5.33. The maximum Gasteiger partial charge on any atom is 0.460 e. The number of fused-ring (bicyclic) bond motifs is 1. The van der Waals surface area contributed by atoms with E-state index in [-0.39, 0.29) is 10.9 Å². The number of methoxy groups -OCH3 is 1. The van der Waals surface area contributed by atoms with Crippen LogP contribution in [0, 0.1) is 0 Å². The van der Waals surface area contributed by atoms with Crippen LogP contribution >= 0.6 is 11.3 Å². The number of para-hydroxylation sites is 2. The van der Waals surface area contributed by atoms with E-state index in [1.54, 1.807) is 35.6 Å². The zero-order valence-electron chi connectivity index (χ0n) is 14.8. The number of rotatable bonds is 5. The van der Waals surface area contributed by atoms with Crippen molar-refractivity contribution < 1.29 is 32.2 Å². The molecule has 2 N–H and O–H groups in total. The number of hydrogen-bond donors (Lipinski definition) is 2. The largest absolute Gasteiger partial charge is 0.464 e. The maximum atomic E-state index is 13.9. The zero-order chi connectivity index (χ0) is 21.1. The number of benzene rings is 2. The van der Waals surface area contributed by atoms with E-state index in [1.165, 1.54) is 24.3 Å². The second kappa shape index (κ2) is 7.95. The number of ether oxygens (including phenoxy) is 2. The van der Waals surface area contributed by atoms with Gasteiger partial charge < -0.3 is 9.47 Å². The molecule has 29 heavy (non-hydrogen) atoms. The Labute approximate surface area is 166 Å². The average Bonchev–Trinajstić information content (AvgIpc) is 3.08. The second-order valence-corrected chi connectivity index (χ2v) is 6.68. The molecule has 3 rings (SSSR count). The Morgan fingerprint density at radius 2 is 1.69 bits per heavy atom. The van der Waals surface area contributed by atoms with Gasteiger partial charge in [-0.1, -0.05) is 41.7 Å². The fourth-order valence-corrected chi connectivity index (χ4v) is 3.25. The Hall–Kier alpha value is -3.34. The molecule has 0 aliphatic carbocycles. The quantitative estimate of drug-likeness (QED) is 0.478. The van der Waals surface area contributed by atoms with E-state index >= 15 is 0 Å². The summed E-state index contributed by atoms with van der Waals surface area (Å²) in [6.45, 7) is 0. The van der Waals surface area contributed by atoms with Crippen LogP contribution in [0.15, 0.2) is 54.6 Å². The molecule has 0 aliphatic heterocycles. The third kappa shape index (κ3) is 4.24. The van der Waals surface area contributed by atoms with E-state index in [2.05, 4.69) is 15.0 Å². The van der Waals surface area contributed by atoms with E-state index in [0.29, 0.717) is 5.52 Å². The highest BCUT2D eigenvalue weighted by Crippen LogP contribution is 2.34. The minimum absolute atomic E-state index is 0.0457. The molecule has 152 valence electrons. The zero-order valence-corrected chi connectivity index (χ0v) is 15.6. The molecule has 1 atom stereocenters. The molecule has 1 unspecified atom stereocenters. The van der Waals surface area contributed by atoms with Crippen molar-refractivity contribution in [2.75, 3.05) is 12.4 Å². The van der Waals surface area contributed by atoms with Gasteiger partial charge in [0.25, 0.3) is 0 Å². The predicted molar refractivity (Wildman–Crippen MR) is 99.6 cm³/mol. The van der Waals surface area contributed by atoms with Crippen LogP contribution in [-0.4, -0.2) is 36.0 Å². The number of esters is 1. The van der Waals surface area contributed by atoms with Crippen molar-refractivity contribution in [3.63, 3.8) is 0 Å². The van der Waals surface area contributed by atoms with Crippen LogP contribution in [0.5, 0.6) is 5.75 Å². The summed E-state index contributed by atoms with van der Waals surface area (Å²) in [5.74, 6) is -2.14. The summed E-state index contributed by atoms with van der Waals surface area (Å²) in [5, 5.41) is 3.80. The number of halogens is 3. The highest BCUT2D eigenvalue weighted by molar-refractivity contribution is 7.22. The van der Waals surface area contributed by atoms with E-state index < -0.39 is 23.9 Å². The number of nitrogens with zero attached hydrogens (tertiary/aromatic N) is 1. The number of aromatic nitrogens is 1. The third-order valence-corrected chi connectivity index (χ3v) is 4.64. The predicted octanol–water partition coefficient (Wildman–Crippen LogP) is 3.93. The minimum Gasteiger partial charge on any atom is -0.464 e. The standard InChI is InChI=1S/C18H14F3N3O4S/c1-27-14(25)17(18(19,20)21,28-11-7-3-2-4-8-11)24-15(26)23-16-22-12-9-5-6-10-13(12)29-16/h2-10H,1H3,(H2,22,23,24,26). The molecule has 1 aromatic heterocycles. The first-order valence-corrected chi connectivity index (χ1v) is 8.91. The molecule has 3 aromatic rings. The van der Waals surface area contributed by atoms with Gasteiger partial charge in [-0.3, -0.25) is 10.6 Å². The van der Waals surface area contributed by atoms with Crippen LogP contribution in [0.4, 0.5) is 23.1 Å². The number of carbonyl (C=O) groups excluding carboxylic acids is 2. The molecule has 0 spiro atoms. The number of amides is 2. The van der Waals surface area contributed by atoms with E-state index in [9.17, 15) is 22.8 Å². The van der Waals surface area contributed by atoms with Crippen molar-refractivity contribution in [2.24, 2.45) is 0 Å². The first-order valence-electron chi connectivity index (χ1n) is 8.09. The van der Waals surface area contributed by atoms with Gasteiger partial charge in [0.1, 0.15) is 5.75 Å². The van der Waals surface area contributed by atoms with Gasteiger partial charge in [-0.2, -0.15) is 13.2 Å². The van der Waals surface area contributed by atoms with Crippen LogP contribution in [0.25, 0.3) is 10.2 Å². The summed E-state index contributed by atoms with van der Waals surface area (Å²) in [4.78, 5) is 28.5. The lowest BCUT2D eigenvalue weighted by Crippen LogP contribution is -2.68. The summed E-state index contributed by atoms with van der Waals surface area (Å²) >= 11 is 1.06. The molecule has 11 heteroatoms. The Balaban J connectivity index is 1.90. The van der Waals surface area contributed by atoms with Crippen molar-refractivity contribution in [3.8, 4) is 5.75 Å². The van der Waals surface area contributed by atoms with Gasteiger partial charge in [-0.25, -0.2) is 14.6 Å². The molecule has 1 heterocycles. The average molecular weight is 425 g/mol. The third-order valence-electron chi connectivity index (χ3n) is 3.69. The lowest BCUT2D eigenvalue weighted by atomic mass is 10.2. The number of hydrogen-bond acceptors (Lipinski definition) is 6. The Morgan fingerprint density at radius 3 is 2.31 bits per heavy atom. The first-order chi connectivity index (χ1) is 13.7. The smallest absolute Gasteiger partial charge is 0.460 e. The van der Waals surface area contributed by atoms with Crippen LogP contribution < -0.4 is 15.4 Å². The topological polar surface area (TPSA) is 89.5 Å². The monoisotopic (exact) mass is 425 g/mol. The van der Waals surface area contributed by atoms with Gasteiger partial charge in [0.15, 0.2) is 5.13 Å². The van der Waals surface area contributed by atoms with Crippen molar-refractivity contribution in [1.82, 2.24) is 10.3 Å². The number of thiazole rings is 1. The molecule has 0 saturated carbocycles. The molecule has 0 aliphatic rings. The highest BCUT2D eigenvalue weighted by atomic mass is 32.1. The Kier molecular flexibility index (Phi) is 5.59. The van der Waals surface area contributed by atoms with E-state index in [4.69, 9.17) is 4.74 Å². The fraction of sp³-hybridized carbons (Fsp3) is 0.167. The van der Waals surface area contributed by atoms with E-state index in [1.807, 2.05) is 0 Å². The van der Waals surface area contributed by atoms with Crippen molar-refractivity contribution in [1.29, 1.82) is 0 Å². The number of urea groups is 1. The first kappa shape index (κ1) is 20.4. The second-order valence-electron chi connectivity index (χ2n) is 5.65. The summed E-state index contributed by atoms with van der Waals surface area (Å²) < 4.78 is 51.5. The highest BCUT2D eigenvalue weighted by Gasteiger charge is 2.66. The Bertz CT molecular complexity index is 993. The molecule has 2 amide bonds. The molecule has 2 aromatic carbocycles. The summed E-state index contributed by atoms with van der Waals surface area (Å²) in [5.41, 5.74) is -3.20. The van der Waals surface area contributed by atoms with Gasteiger partial charge in [0, 0.05) is 0 Å². The SMILES string of the molecule is COC(=O)C(NC(=O)Nc1nc2ccccc2s1)(Oc1ccccc1)C(F)(F)F. The molecular weight excluding hydrogens is 411 g/mol. The molecule has 0 bridgehead atoms. The van der Waals surface area contributed by atoms with Crippen molar-refractivity contribution in [3.05, 3.63) is 54.6 Å². The van der Waals surface area contributed by atoms with Crippen molar-refractivity contribution >= 4 is 38.7 Å². The van der Waals surface area contributed by atoms with Crippen LogP contribution in [-0.2, 0) is 9.53 Å². The lowest BCUT2D eigenvalue weighted by Gasteiger charge is -2.33. The summed E-state index contributed by atoms with van der Waals surface area (Å²) in [7, 11) is 0.754.